The number of rotatable bonds is 6. The van der Waals surface area contributed by atoms with Crippen LogP contribution in [0.1, 0.15) is 19.4 Å². The number of hydrogen-bond donors (Lipinski definition) is 1. The monoisotopic (exact) mass is 287 g/mol. The summed E-state index contributed by atoms with van der Waals surface area (Å²) in [6, 6.07) is 9.20. The highest BCUT2D eigenvalue weighted by atomic mass is 16.5. The lowest BCUT2D eigenvalue weighted by atomic mass is 10.2. The van der Waals surface area contributed by atoms with Crippen LogP contribution in [0.5, 0.6) is 5.75 Å². The van der Waals surface area contributed by atoms with Crippen molar-refractivity contribution in [1.82, 2.24) is 9.78 Å². The van der Waals surface area contributed by atoms with Crippen molar-refractivity contribution in [1.29, 1.82) is 0 Å². The molecule has 1 heterocycles. The smallest absolute Gasteiger partial charge is 0.269 e. The summed E-state index contributed by atoms with van der Waals surface area (Å²) in [7, 11) is 1.62. The van der Waals surface area contributed by atoms with Gasteiger partial charge >= 0.3 is 0 Å². The molecule has 0 saturated heterocycles. The van der Waals surface area contributed by atoms with Gasteiger partial charge < -0.3 is 10.1 Å². The number of ether oxygens (including phenoxy) is 1. The maximum Gasteiger partial charge on any atom is 0.269 e. The molecular weight excluding hydrogens is 266 g/mol. The third-order valence-corrected chi connectivity index (χ3v) is 3.05. The average molecular weight is 287 g/mol. The molecule has 0 bridgehead atoms. The highest BCUT2D eigenvalue weighted by Gasteiger charge is 2.03. The predicted molar refractivity (Wildman–Crippen MR) is 83.9 cm³/mol. The van der Waals surface area contributed by atoms with Gasteiger partial charge in [0.25, 0.3) is 5.56 Å². The van der Waals surface area contributed by atoms with E-state index in [2.05, 4.69) is 24.3 Å². The normalized spacial score (nSPS) is 10.7. The van der Waals surface area contributed by atoms with Crippen LogP contribution in [0.2, 0.25) is 0 Å². The molecule has 1 aromatic carbocycles. The van der Waals surface area contributed by atoms with Gasteiger partial charge in [-0.15, -0.1) is 0 Å². The van der Waals surface area contributed by atoms with Crippen molar-refractivity contribution in [3.05, 3.63) is 52.4 Å². The maximum absolute atomic E-state index is 12.1. The Balaban J connectivity index is 2.12. The summed E-state index contributed by atoms with van der Waals surface area (Å²) in [6.45, 7) is 5.48. The Kier molecular flexibility index (Phi) is 4.98. The van der Waals surface area contributed by atoms with Gasteiger partial charge in [0.1, 0.15) is 5.75 Å². The van der Waals surface area contributed by atoms with Crippen molar-refractivity contribution in [2.45, 2.75) is 20.4 Å². The molecule has 0 atom stereocenters. The molecule has 2 rings (SSSR count). The van der Waals surface area contributed by atoms with E-state index < -0.39 is 0 Å². The minimum absolute atomic E-state index is 0.119. The number of benzene rings is 1. The molecule has 1 N–H and O–H groups in total. The molecule has 0 unspecified atom stereocenters. The minimum atomic E-state index is -0.119. The topological polar surface area (TPSA) is 56.1 Å². The number of nitrogens with zero attached hydrogens (tertiary/aromatic N) is 2. The van der Waals surface area contributed by atoms with E-state index >= 15 is 0 Å². The van der Waals surface area contributed by atoms with Gasteiger partial charge in [0.2, 0.25) is 0 Å². The molecule has 0 amide bonds. The van der Waals surface area contributed by atoms with Crippen LogP contribution in [0.15, 0.2) is 41.3 Å². The van der Waals surface area contributed by atoms with E-state index in [0.717, 1.165) is 23.5 Å². The number of anilines is 1. The summed E-state index contributed by atoms with van der Waals surface area (Å²) in [5, 5.41) is 7.41. The molecule has 112 valence electrons. The van der Waals surface area contributed by atoms with E-state index in [0.29, 0.717) is 12.5 Å². The van der Waals surface area contributed by atoms with Gasteiger partial charge in [0, 0.05) is 12.6 Å². The molecule has 0 aliphatic heterocycles. The number of hydrogen-bond acceptors (Lipinski definition) is 4. The maximum atomic E-state index is 12.1. The molecule has 5 heteroatoms. The lowest BCUT2D eigenvalue weighted by Gasteiger charge is -2.10. The first kappa shape index (κ1) is 15.1. The predicted octanol–water partition coefficient (Wildman–Crippen LogP) is 2.37. The van der Waals surface area contributed by atoms with Crippen LogP contribution in [0.25, 0.3) is 0 Å². The van der Waals surface area contributed by atoms with Gasteiger partial charge in [-0.25, -0.2) is 4.68 Å². The van der Waals surface area contributed by atoms with Crippen LogP contribution < -0.4 is 15.6 Å². The SMILES string of the molecule is COc1cccc(Cn2ncc(NCC(C)C)cc2=O)c1. The number of nitrogens with one attached hydrogen (secondary N) is 1. The summed E-state index contributed by atoms with van der Waals surface area (Å²) in [5.74, 6) is 1.29. The van der Waals surface area contributed by atoms with Crippen LogP contribution in [-0.2, 0) is 6.54 Å². The first-order valence-electron chi connectivity index (χ1n) is 7.02. The van der Waals surface area contributed by atoms with Gasteiger partial charge in [-0.05, 0) is 23.6 Å². The summed E-state index contributed by atoms with van der Waals surface area (Å²) < 4.78 is 6.62. The Bertz CT molecular complexity index is 650. The van der Waals surface area contributed by atoms with Gasteiger partial charge in [0.05, 0.1) is 25.5 Å². The molecule has 5 nitrogen and oxygen atoms in total. The Morgan fingerprint density at radius 1 is 1.33 bits per heavy atom. The molecule has 0 aliphatic carbocycles. The summed E-state index contributed by atoms with van der Waals surface area (Å²) in [6.07, 6.45) is 1.68. The zero-order valence-electron chi connectivity index (χ0n) is 12.7. The summed E-state index contributed by atoms with van der Waals surface area (Å²) >= 11 is 0. The molecular formula is C16H21N3O2. The van der Waals surface area contributed by atoms with Crippen molar-refractivity contribution >= 4 is 5.69 Å². The number of methoxy groups -OCH3 is 1. The van der Waals surface area contributed by atoms with Crippen LogP contribution in [-0.4, -0.2) is 23.4 Å². The molecule has 0 radical (unpaired) electrons. The molecule has 1 aromatic heterocycles. The highest BCUT2D eigenvalue weighted by molar-refractivity contribution is 5.38. The van der Waals surface area contributed by atoms with E-state index in [1.165, 1.54) is 4.68 Å². The second kappa shape index (κ2) is 6.92. The standard InChI is InChI=1S/C16H21N3O2/c1-12(2)9-17-14-8-16(20)19(18-10-14)11-13-5-4-6-15(7-13)21-3/h4-8,10,12,17H,9,11H2,1-3H3. The molecule has 2 aromatic rings. The lowest BCUT2D eigenvalue weighted by Crippen LogP contribution is -2.23. The van der Waals surface area contributed by atoms with Crippen molar-refractivity contribution in [3.63, 3.8) is 0 Å². The fourth-order valence-electron chi connectivity index (χ4n) is 1.91. The molecule has 0 fully saturated rings. The summed E-state index contributed by atoms with van der Waals surface area (Å²) in [5.41, 5.74) is 1.62. The third kappa shape index (κ3) is 4.34. The average Bonchev–Trinajstić information content (AvgIpc) is 2.48. The van der Waals surface area contributed by atoms with Crippen LogP contribution in [0, 0.1) is 5.92 Å². The van der Waals surface area contributed by atoms with Gasteiger partial charge in [0.15, 0.2) is 0 Å². The zero-order valence-corrected chi connectivity index (χ0v) is 12.7. The second-order valence-electron chi connectivity index (χ2n) is 5.37. The summed E-state index contributed by atoms with van der Waals surface area (Å²) in [4.78, 5) is 12.1. The first-order chi connectivity index (χ1) is 10.1. The van der Waals surface area contributed by atoms with Crippen molar-refractivity contribution in [3.8, 4) is 5.75 Å². The van der Waals surface area contributed by atoms with E-state index in [1.54, 1.807) is 19.4 Å². The van der Waals surface area contributed by atoms with E-state index in [1.807, 2.05) is 24.3 Å². The van der Waals surface area contributed by atoms with Gasteiger partial charge in [-0.1, -0.05) is 26.0 Å². The Morgan fingerprint density at radius 2 is 2.14 bits per heavy atom. The van der Waals surface area contributed by atoms with Gasteiger partial charge in [-0.2, -0.15) is 5.10 Å². The first-order valence-corrected chi connectivity index (χ1v) is 7.02. The second-order valence-corrected chi connectivity index (χ2v) is 5.37. The largest absolute Gasteiger partial charge is 0.497 e. The van der Waals surface area contributed by atoms with E-state index in [4.69, 9.17) is 4.74 Å². The minimum Gasteiger partial charge on any atom is -0.497 e. The molecule has 0 spiro atoms. The number of aromatic nitrogens is 2. The van der Waals surface area contributed by atoms with Crippen molar-refractivity contribution < 1.29 is 4.74 Å². The molecule has 0 saturated carbocycles. The Morgan fingerprint density at radius 3 is 2.81 bits per heavy atom. The molecule has 21 heavy (non-hydrogen) atoms. The fourth-order valence-corrected chi connectivity index (χ4v) is 1.91. The van der Waals surface area contributed by atoms with Crippen LogP contribution in [0.3, 0.4) is 0 Å². The van der Waals surface area contributed by atoms with E-state index in [9.17, 15) is 4.79 Å². The zero-order chi connectivity index (χ0) is 15.2. The van der Waals surface area contributed by atoms with E-state index in [-0.39, 0.29) is 5.56 Å². The Labute approximate surface area is 124 Å². The van der Waals surface area contributed by atoms with Crippen LogP contribution in [0.4, 0.5) is 5.69 Å². The third-order valence-electron chi connectivity index (χ3n) is 3.05. The van der Waals surface area contributed by atoms with Crippen molar-refractivity contribution in [2.75, 3.05) is 19.0 Å². The fraction of sp³-hybridized carbons (Fsp3) is 0.375. The van der Waals surface area contributed by atoms with Crippen molar-refractivity contribution in [2.24, 2.45) is 5.92 Å². The van der Waals surface area contributed by atoms with Crippen LogP contribution >= 0.6 is 0 Å². The Hall–Kier alpha value is -2.30. The quantitative estimate of drug-likeness (QED) is 0.886. The highest BCUT2D eigenvalue weighted by Crippen LogP contribution is 2.13. The lowest BCUT2D eigenvalue weighted by molar-refractivity contribution is 0.414. The van der Waals surface area contributed by atoms with Gasteiger partial charge in [-0.3, -0.25) is 4.79 Å². The molecule has 0 aliphatic rings.